The highest BCUT2D eigenvalue weighted by molar-refractivity contribution is 5.68. The van der Waals surface area contributed by atoms with Crippen molar-refractivity contribution in [1.29, 1.82) is 0 Å². The number of amides is 1. The van der Waals surface area contributed by atoms with Gasteiger partial charge in [-0.3, -0.25) is 0 Å². The third-order valence-corrected chi connectivity index (χ3v) is 4.22. The maximum atomic E-state index is 12.1. The molecule has 0 bridgehead atoms. The largest absolute Gasteiger partial charge is 0.508 e. The Hall–Kier alpha value is -1.75. The first-order valence-corrected chi connectivity index (χ1v) is 8.18. The first-order chi connectivity index (χ1) is 10.7. The normalized spacial score (nSPS) is 17.8. The van der Waals surface area contributed by atoms with E-state index < -0.39 is 5.60 Å². The third kappa shape index (κ3) is 5.13. The Morgan fingerprint density at radius 3 is 2.48 bits per heavy atom. The molecule has 0 radical (unpaired) electrons. The summed E-state index contributed by atoms with van der Waals surface area (Å²) in [7, 11) is 0. The summed E-state index contributed by atoms with van der Waals surface area (Å²) in [5, 5.41) is 13.4. The summed E-state index contributed by atoms with van der Waals surface area (Å²) < 4.78 is 5.42. The molecule has 0 atom stereocenters. The van der Waals surface area contributed by atoms with Crippen molar-refractivity contribution in [2.45, 2.75) is 58.2 Å². The van der Waals surface area contributed by atoms with E-state index in [0.717, 1.165) is 18.4 Å². The number of para-hydroxylation sites is 1. The Morgan fingerprint density at radius 2 is 1.91 bits per heavy atom. The molecule has 2 N–H and O–H groups in total. The van der Waals surface area contributed by atoms with Crippen LogP contribution in [0.25, 0.3) is 0 Å². The molecule has 1 aliphatic heterocycles. The number of ether oxygens (including phenoxy) is 1. The van der Waals surface area contributed by atoms with Gasteiger partial charge >= 0.3 is 6.09 Å². The number of phenols is 1. The molecule has 0 unspecified atom stereocenters. The van der Waals surface area contributed by atoms with E-state index in [1.54, 1.807) is 11.0 Å². The van der Waals surface area contributed by atoms with Crippen molar-refractivity contribution in [1.82, 2.24) is 10.2 Å². The summed E-state index contributed by atoms with van der Waals surface area (Å²) in [5.41, 5.74) is 0.394. The second-order valence-electron chi connectivity index (χ2n) is 7.51. The molecular weight excluding hydrogens is 292 g/mol. The zero-order valence-electron chi connectivity index (χ0n) is 14.6. The molecule has 5 nitrogen and oxygen atoms in total. The SMILES string of the molecule is CC1(NCc2ccccc2O)CCN(C(=O)OC(C)(C)C)CC1. The summed E-state index contributed by atoms with van der Waals surface area (Å²) in [4.78, 5) is 13.9. The van der Waals surface area contributed by atoms with E-state index in [1.165, 1.54) is 0 Å². The van der Waals surface area contributed by atoms with Crippen LogP contribution in [0.3, 0.4) is 0 Å². The summed E-state index contributed by atoms with van der Waals surface area (Å²) in [5.74, 6) is 0.315. The lowest BCUT2D eigenvalue weighted by atomic mass is 9.89. The Balaban J connectivity index is 1.85. The van der Waals surface area contributed by atoms with Crippen molar-refractivity contribution < 1.29 is 14.6 Å². The topological polar surface area (TPSA) is 61.8 Å². The van der Waals surface area contributed by atoms with Crippen LogP contribution in [-0.4, -0.2) is 40.3 Å². The van der Waals surface area contributed by atoms with Crippen molar-refractivity contribution in [3.8, 4) is 5.75 Å². The van der Waals surface area contributed by atoms with Gasteiger partial charge in [-0.2, -0.15) is 0 Å². The molecule has 1 saturated heterocycles. The Morgan fingerprint density at radius 1 is 1.30 bits per heavy atom. The van der Waals surface area contributed by atoms with Gasteiger partial charge in [-0.15, -0.1) is 0 Å². The van der Waals surface area contributed by atoms with Gasteiger partial charge in [-0.1, -0.05) is 18.2 Å². The van der Waals surface area contributed by atoms with E-state index in [2.05, 4.69) is 12.2 Å². The zero-order valence-corrected chi connectivity index (χ0v) is 14.6. The van der Waals surface area contributed by atoms with Crippen molar-refractivity contribution in [2.75, 3.05) is 13.1 Å². The second-order valence-corrected chi connectivity index (χ2v) is 7.51. The minimum atomic E-state index is -0.457. The molecule has 1 amide bonds. The first kappa shape index (κ1) is 17.6. The zero-order chi connectivity index (χ0) is 17.1. The highest BCUT2D eigenvalue weighted by Crippen LogP contribution is 2.25. The summed E-state index contributed by atoms with van der Waals surface area (Å²) in [6, 6.07) is 7.36. The van der Waals surface area contributed by atoms with Crippen molar-refractivity contribution in [2.24, 2.45) is 0 Å². The molecule has 1 aromatic rings. The molecular formula is C18H28N2O3. The van der Waals surface area contributed by atoms with Gasteiger partial charge in [0.15, 0.2) is 0 Å². The molecule has 5 heteroatoms. The average Bonchev–Trinajstić information content (AvgIpc) is 2.45. The molecule has 0 aromatic heterocycles. The maximum absolute atomic E-state index is 12.1. The highest BCUT2D eigenvalue weighted by Gasteiger charge is 2.33. The number of piperidine rings is 1. The van der Waals surface area contributed by atoms with Crippen LogP contribution in [-0.2, 0) is 11.3 Å². The molecule has 1 fully saturated rings. The Kier molecular flexibility index (Phi) is 5.19. The number of phenolic OH excluding ortho intramolecular Hbond substituents is 1. The summed E-state index contributed by atoms with van der Waals surface area (Å²) in [6.45, 7) is 9.79. The van der Waals surface area contributed by atoms with Crippen LogP contribution in [0.5, 0.6) is 5.75 Å². The molecule has 23 heavy (non-hydrogen) atoms. The van der Waals surface area contributed by atoms with Crippen molar-refractivity contribution >= 4 is 6.09 Å². The minimum absolute atomic E-state index is 0.0409. The van der Waals surface area contributed by atoms with E-state index in [1.807, 2.05) is 39.0 Å². The van der Waals surface area contributed by atoms with Crippen LogP contribution in [0.1, 0.15) is 46.1 Å². The number of hydrogen-bond donors (Lipinski definition) is 2. The smallest absolute Gasteiger partial charge is 0.410 e. The number of benzene rings is 1. The monoisotopic (exact) mass is 320 g/mol. The summed E-state index contributed by atoms with van der Waals surface area (Å²) in [6.07, 6.45) is 1.49. The lowest BCUT2D eigenvalue weighted by molar-refractivity contribution is 0.0156. The van der Waals surface area contributed by atoms with Gasteiger partial charge in [0, 0.05) is 30.7 Å². The number of aromatic hydroxyl groups is 1. The van der Waals surface area contributed by atoms with E-state index in [9.17, 15) is 9.90 Å². The second kappa shape index (κ2) is 6.79. The van der Waals surface area contributed by atoms with Crippen LogP contribution in [0.2, 0.25) is 0 Å². The number of hydrogen-bond acceptors (Lipinski definition) is 4. The van der Waals surface area contributed by atoms with Gasteiger partial charge in [0.1, 0.15) is 11.4 Å². The molecule has 1 heterocycles. The van der Waals surface area contributed by atoms with Gasteiger partial charge < -0.3 is 20.1 Å². The van der Waals surface area contributed by atoms with Gasteiger partial charge in [0.2, 0.25) is 0 Å². The van der Waals surface area contributed by atoms with E-state index in [4.69, 9.17) is 4.74 Å². The number of carbonyl (C=O) groups is 1. The van der Waals surface area contributed by atoms with E-state index in [-0.39, 0.29) is 11.6 Å². The standard InChI is InChI=1S/C18H28N2O3/c1-17(2,3)23-16(22)20-11-9-18(4,10-12-20)19-13-14-7-5-6-8-15(14)21/h5-8,19,21H,9-13H2,1-4H3. The van der Waals surface area contributed by atoms with Gasteiger partial charge in [-0.05, 0) is 46.6 Å². The lowest BCUT2D eigenvalue weighted by Gasteiger charge is -2.40. The van der Waals surface area contributed by atoms with Crippen LogP contribution < -0.4 is 5.32 Å². The molecule has 1 aliphatic rings. The number of carbonyl (C=O) groups excluding carboxylic acids is 1. The first-order valence-electron chi connectivity index (χ1n) is 8.18. The van der Waals surface area contributed by atoms with E-state index in [0.29, 0.717) is 25.4 Å². The van der Waals surface area contributed by atoms with Crippen LogP contribution in [0.4, 0.5) is 4.79 Å². The predicted octanol–water partition coefficient (Wildman–Crippen LogP) is 3.27. The molecule has 0 aliphatic carbocycles. The number of likely N-dealkylation sites (tertiary alicyclic amines) is 1. The van der Waals surface area contributed by atoms with Crippen molar-refractivity contribution in [3.05, 3.63) is 29.8 Å². The van der Waals surface area contributed by atoms with Gasteiger partial charge in [0.25, 0.3) is 0 Å². The third-order valence-electron chi connectivity index (χ3n) is 4.22. The Labute approximate surface area is 138 Å². The van der Waals surface area contributed by atoms with E-state index >= 15 is 0 Å². The lowest BCUT2D eigenvalue weighted by Crippen LogP contribution is -2.53. The minimum Gasteiger partial charge on any atom is -0.508 e. The number of nitrogens with one attached hydrogen (secondary N) is 1. The number of nitrogens with zero attached hydrogens (tertiary/aromatic N) is 1. The molecule has 1 aromatic carbocycles. The fourth-order valence-electron chi connectivity index (χ4n) is 2.66. The van der Waals surface area contributed by atoms with Gasteiger partial charge in [0.05, 0.1) is 0 Å². The highest BCUT2D eigenvalue weighted by atomic mass is 16.6. The Bertz CT molecular complexity index is 543. The number of rotatable bonds is 3. The fraction of sp³-hybridized carbons (Fsp3) is 0.611. The molecule has 0 saturated carbocycles. The van der Waals surface area contributed by atoms with Crippen molar-refractivity contribution in [3.63, 3.8) is 0 Å². The molecule has 0 spiro atoms. The fourth-order valence-corrected chi connectivity index (χ4v) is 2.66. The quantitative estimate of drug-likeness (QED) is 0.897. The van der Waals surface area contributed by atoms with Gasteiger partial charge in [-0.25, -0.2) is 4.79 Å². The van der Waals surface area contributed by atoms with Crippen LogP contribution in [0, 0.1) is 0 Å². The van der Waals surface area contributed by atoms with Crippen LogP contribution >= 0.6 is 0 Å². The maximum Gasteiger partial charge on any atom is 0.410 e. The summed E-state index contributed by atoms with van der Waals surface area (Å²) >= 11 is 0. The molecule has 2 rings (SSSR count). The molecule has 128 valence electrons. The van der Waals surface area contributed by atoms with Crippen LogP contribution in [0.15, 0.2) is 24.3 Å². The predicted molar refractivity (Wildman–Crippen MR) is 90.4 cm³/mol. The average molecular weight is 320 g/mol.